The van der Waals surface area contributed by atoms with Crippen molar-refractivity contribution < 1.29 is 27.4 Å². The molecule has 0 aliphatic rings. The summed E-state index contributed by atoms with van der Waals surface area (Å²) in [5.41, 5.74) is 1.72. The maximum Gasteiger partial charge on any atom is 0.261 e. The number of methoxy groups -OCH3 is 3. The van der Waals surface area contributed by atoms with Crippen molar-refractivity contribution in [3.05, 3.63) is 72.3 Å². The molecule has 0 aliphatic carbocycles. The first-order valence-corrected chi connectivity index (χ1v) is 11.6. The molecular weight excluding hydrogens is 444 g/mol. The average molecular weight is 471 g/mol. The van der Waals surface area contributed by atoms with Crippen molar-refractivity contribution in [1.29, 1.82) is 0 Å². The molecule has 0 fully saturated rings. The summed E-state index contributed by atoms with van der Waals surface area (Å²) < 4.78 is 43.6. The standard InChI is InChI=1S/C24H26N2O6S/c1-30-20-11-9-18(10-12-20)26-33(28,29)21-6-4-5-19(16-21)25-24(27)14-8-17-7-13-22(31-2)23(15-17)32-3/h4-7,9-13,15-16,26H,8,14H2,1-3H3,(H,25,27). The van der Waals surface area contributed by atoms with Gasteiger partial charge in [0.05, 0.1) is 26.2 Å². The van der Waals surface area contributed by atoms with Crippen LogP contribution in [0.5, 0.6) is 17.2 Å². The lowest BCUT2D eigenvalue weighted by molar-refractivity contribution is -0.116. The van der Waals surface area contributed by atoms with Gasteiger partial charge in [0.25, 0.3) is 10.0 Å². The Hall–Kier alpha value is -3.72. The van der Waals surface area contributed by atoms with Gasteiger partial charge >= 0.3 is 0 Å². The summed E-state index contributed by atoms with van der Waals surface area (Å²) in [6, 6.07) is 18.1. The van der Waals surface area contributed by atoms with Gasteiger partial charge in [0.1, 0.15) is 5.75 Å². The van der Waals surface area contributed by atoms with Crippen molar-refractivity contribution in [3.63, 3.8) is 0 Å². The van der Waals surface area contributed by atoms with Crippen LogP contribution in [0.15, 0.2) is 71.6 Å². The highest BCUT2D eigenvalue weighted by molar-refractivity contribution is 7.92. The van der Waals surface area contributed by atoms with E-state index in [4.69, 9.17) is 14.2 Å². The number of nitrogens with one attached hydrogen (secondary N) is 2. The minimum atomic E-state index is -3.83. The first kappa shape index (κ1) is 23.9. The molecule has 33 heavy (non-hydrogen) atoms. The summed E-state index contributed by atoms with van der Waals surface area (Å²) in [5, 5.41) is 2.75. The van der Waals surface area contributed by atoms with E-state index in [1.165, 1.54) is 19.2 Å². The molecular formula is C24H26N2O6S. The third-order valence-corrected chi connectivity index (χ3v) is 6.24. The topological polar surface area (TPSA) is 103 Å². The van der Waals surface area contributed by atoms with E-state index >= 15 is 0 Å². The molecule has 2 N–H and O–H groups in total. The third-order valence-electron chi connectivity index (χ3n) is 4.86. The average Bonchev–Trinajstić information content (AvgIpc) is 2.83. The number of rotatable bonds is 10. The molecule has 0 radical (unpaired) electrons. The third kappa shape index (κ3) is 6.39. The minimum absolute atomic E-state index is 0.0380. The number of ether oxygens (including phenoxy) is 3. The monoisotopic (exact) mass is 470 g/mol. The van der Waals surface area contributed by atoms with Crippen LogP contribution in [0.4, 0.5) is 11.4 Å². The van der Waals surface area contributed by atoms with Crippen LogP contribution < -0.4 is 24.2 Å². The Morgan fingerprint density at radius 2 is 1.55 bits per heavy atom. The van der Waals surface area contributed by atoms with Crippen LogP contribution in [-0.4, -0.2) is 35.7 Å². The van der Waals surface area contributed by atoms with Gasteiger partial charge in [0.2, 0.25) is 5.91 Å². The summed E-state index contributed by atoms with van der Waals surface area (Å²) >= 11 is 0. The summed E-state index contributed by atoms with van der Waals surface area (Å²) in [5.74, 6) is 1.60. The van der Waals surface area contributed by atoms with Gasteiger partial charge in [0.15, 0.2) is 11.5 Å². The summed E-state index contributed by atoms with van der Waals surface area (Å²) in [4.78, 5) is 12.5. The fourth-order valence-corrected chi connectivity index (χ4v) is 4.24. The molecule has 0 heterocycles. The number of hydrogen-bond donors (Lipinski definition) is 2. The Kier molecular flexibility index (Phi) is 7.78. The van der Waals surface area contributed by atoms with Gasteiger partial charge in [-0.3, -0.25) is 9.52 Å². The van der Waals surface area contributed by atoms with Crippen molar-refractivity contribution >= 4 is 27.3 Å². The van der Waals surface area contributed by atoms with E-state index in [1.807, 2.05) is 12.1 Å². The molecule has 0 unspecified atom stereocenters. The Balaban J connectivity index is 1.63. The van der Waals surface area contributed by atoms with Crippen LogP contribution in [0.3, 0.4) is 0 Å². The van der Waals surface area contributed by atoms with Crippen molar-refractivity contribution in [2.24, 2.45) is 0 Å². The number of sulfonamides is 1. The zero-order valence-corrected chi connectivity index (χ0v) is 19.4. The number of amides is 1. The zero-order chi connectivity index (χ0) is 23.8. The first-order valence-electron chi connectivity index (χ1n) is 10.1. The second-order valence-electron chi connectivity index (χ2n) is 7.10. The molecule has 174 valence electrons. The molecule has 0 atom stereocenters. The Labute approximate surface area is 193 Å². The SMILES string of the molecule is COc1ccc(NS(=O)(=O)c2cccc(NC(=O)CCc3ccc(OC)c(OC)c3)c2)cc1. The summed E-state index contributed by atoms with van der Waals surface area (Å²) in [6.07, 6.45) is 0.708. The lowest BCUT2D eigenvalue weighted by atomic mass is 10.1. The molecule has 9 heteroatoms. The molecule has 8 nitrogen and oxygen atoms in total. The molecule has 3 aromatic carbocycles. The Morgan fingerprint density at radius 1 is 0.818 bits per heavy atom. The molecule has 3 aromatic rings. The minimum Gasteiger partial charge on any atom is -0.497 e. The van der Waals surface area contributed by atoms with Gasteiger partial charge in [-0.05, 0) is 66.6 Å². The van der Waals surface area contributed by atoms with Crippen molar-refractivity contribution in [2.75, 3.05) is 31.4 Å². The maximum atomic E-state index is 12.7. The van der Waals surface area contributed by atoms with Gasteiger partial charge in [0, 0.05) is 17.8 Å². The fraction of sp³-hybridized carbons (Fsp3) is 0.208. The van der Waals surface area contributed by atoms with Crippen molar-refractivity contribution in [3.8, 4) is 17.2 Å². The van der Waals surface area contributed by atoms with E-state index in [0.717, 1.165) is 5.56 Å². The van der Waals surface area contributed by atoms with E-state index in [-0.39, 0.29) is 17.2 Å². The van der Waals surface area contributed by atoms with Gasteiger partial charge in [-0.2, -0.15) is 0 Å². The Bertz CT molecular complexity index is 1210. The maximum absolute atomic E-state index is 12.7. The van der Waals surface area contributed by atoms with Gasteiger partial charge in [-0.25, -0.2) is 8.42 Å². The number of anilines is 2. The van der Waals surface area contributed by atoms with Crippen LogP contribution in [0, 0.1) is 0 Å². The molecule has 3 rings (SSSR count). The van der Waals surface area contributed by atoms with Crippen molar-refractivity contribution in [2.45, 2.75) is 17.7 Å². The number of hydrogen-bond acceptors (Lipinski definition) is 6. The van der Waals surface area contributed by atoms with Crippen LogP contribution >= 0.6 is 0 Å². The predicted molar refractivity (Wildman–Crippen MR) is 127 cm³/mol. The highest BCUT2D eigenvalue weighted by Crippen LogP contribution is 2.28. The number of carbonyl (C=O) groups excluding carboxylic acids is 1. The van der Waals surface area contributed by atoms with E-state index in [2.05, 4.69) is 10.0 Å². The number of benzene rings is 3. The van der Waals surface area contributed by atoms with Gasteiger partial charge in [-0.1, -0.05) is 12.1 Å². The lowest BCUT2D eigenvalue weighted by Crippen LogP contribution is -2.15. The largest absolute Gasteiger partial charge is 0.497 e. The van der Waals surface area contributed by atoms with E-state index in [9.17, 15) is 13.2 Å². The number of aryl methyl sites for hydroxylation is 1. The highest BCUT2D eigenvalue weighted by atomic mass is 32.2. The number of carbonyl (C=O) groups is 1. The van der Waals surface area contributed by atoms with Gasteiger partial charge in [-0.15, -0.1) is 0 Å². The lowest BCUT2D eigenvalue weighted by Gasteiger charge is -2.11. The van der Waals surface area contributed by atoms with Crippen LogP contribution in [0.1, 0.15) is 12.0 Å². The molecule has 0 aliphatic heterocycles. The zero-order valence-electron chi connectivity index (χ0n) is 18.6. The molecule has 1 amide bonds. The Morgan fingerprint density at radius 3 is 2.21 bits per heavy atom. The van der Waals surface area contributed by atoms with E-state index < -0.39 is 10.0 Å². The smallest absolute Gasteiger partial charge is 0.261 e. The van der Waals surface area contributed by atoms with Crippen LogP contribution in [-0.2, 0) is 21.2 Å². The molecule has 0 spiro atoms. The predicted octanol–water partition coefficient (Wildman–Crippen LogP) is 4.08. The quantitative estimate of drug-likeness (QED) is 0.463. The van der Waals surface area contributed by atoms with E-state index in [0.29, 0.717) is 35.0 Å². The molecule has 0 bridgehead atoms. The highest BCUT2D eigenvalue weighted by Gasteiger charge is 2.15. The van der Waals surface area contributed by atoms with Crippen molar-refractivity contribution in [1.82, 2.24) is 0 Å². The first-order chi connectivity index (χ1) is 15.8. The molecule has 0 aromatic heterocycles. The second-order valence-corrected chi connectivity index (χ2v) is 8.78. The van der Waals surface area contributed by atoms with Gasteiger partial charge < -0.3 is 19.5 Å². The van der Waals surface area contributed by atoms with Crippen LogP contribution in [0.2, 0.25) is 0 Å². The molecule has 0 saturated heterocycles. The van der Waals surface area contributed by atoms with Crippen LogP contribution in [0.25, 0.3) is 0 Å². The summed E-state index contributed by atoms with van der Waals surface area (Å²) in [7, 11) is 0.822. The van der Waals surface area contributed by atoms with E-state index in [1.54, 1.807) is 56.7 Å². The summed E-state index contributed by atoms with van der Waals surface area (Å²) in [6.45, 7) is 0. The second kappa shape index (κ2) is 10.7. The molecule has 0 saturated carbocycles. The fourth-order valence-electron chi connectivity index (χ4n) is 3.13. The normalized spacial score (nSPS) is 10.9.